The third-order valence-corrected chi connectivity index (χ3v) is 2.73. The molecule has 1 atom stereocenters. The lowest BCUT2D eigenvalue weighted by Gasteiger charge is -2.14. The SMILES string of the molecule is CC(N)c1nncn1C1CCCC1.Cl.Cl. The van der Waals surface area contributed by atoms with Gasteiger partial charge in [0.1, 0.15) is 12.2 Å². The van der Waals surface area contributed by atoms with Crippen molar-refractivity contribution in [3.8, 4) is 0 Å². The van der Waals surface area contributed by atoms with Gasteiger partial charge in [-0.15, -0.1) is 35.0 Å². The Labute approximate surface area is 102 Å². The third kappa shape index (κ3) is 3.06. The van der Waals surface area contributed by atoms with Gasteiger partial charge in [0.2, 0.25) is 0 Å². The summed E-state index contributed by atoms with van der Waals surface area (Å²) in [4.78, 5) is 0. The summed E-state index contributed by atoms with van der Waals surface area (Å²) in [6.45, 7) is 1.95. The second-order valence-corrected chi connectivity index (χ2v) is 3.82. The van der Waals surface area contributed by atoms with Crippen LogP contribution in [-0.4, -0.2) is 14.8 Å². The van der Waals surface area contributed by atoms with E-state index in [0.29, 0.717) is 6.04 Å². The lowest BCUT2D eigenvalue weighted by molar-refractivity contribution is 0.483. The fourth-order valence-corrected chi connectivity index (χ4v) is 2.04. The van der Waals surface area contributed by atoms with Gasteiger partial charge < -0.3 is 10.3 Å². The maximum absolute atomic E-state index is 5.80. The predicted octanol–water partition coefficient (Wildman–Crippen LogP) is 2.26. The van der Waals surface area contributed by atoms with Gasteiger partial charge in [-0.1, -0.05) is 12.8 Å². The lowest BCUT2D eigenvalue weighted by Crippen LogP contribution is -2.15. The standard InChI is InChI=1S/C9H16N4.2ClH/c1-7(10)9-12-11-6-13(9)8-4-2-3-5-8;;/h6-8H,2-5,10H2,1H3;2*1H. The van der Waals surface area contributed by atoms with E-state index in [4.69, 9.17) is 5.73 Å². The molecule has 1 aliphatic rings. The molecule has 1 aliphatic carbocycles. The van der Waals surface area contributed by atoms with E-state index in [9.17, 15) is 0 Å². The molecule has 0 bridgehead atoms. The monoisotopic (exact) mass is 252 g/mol. The molecule has 0 spiro atoms. The van der Waals surface area contributed by atoms with Crippen LogP contribution in [0.2, 0.25) is 0 Å². The Morgan fingerprint density at radius 2 is 2.00 bits per heavy atom. The molecule has 0 radical (unpaired) electrons. The Balaban J connectivity index is 0.000000980. The van der Waals surface area contributed by atoms with Crippen LogP contribution in [0.4, 0.5) is 0 Å². The lowest BCUT2D eigenvalue weighted by atomic mass is 10.2. The number of nitrogens with two attached hydrogens (primary N) is 1. The van der Waals surface area contributed by atoms with Crippen molar-refractivity contribution in [2.24, 2.45) is 5.73 Å². The largest absolute Gasteiger partial charge is 0.322 e. The van der Waals surface area contributed by atoms with Gasteiger partial charge in [-0.25, -0.2) is 0 Å². The van der Waals surface area contributed by atoms with Crippen LogP contribution in [0.25, 0.3) is 0 Å². The molecule has 1 aromatic heterocycles. The van der Waals surface area contributed by atoms with E-state index in [-0.39, 0.29) is 30.9 Å². The summed E-state index contributed by atoms with van der Waals surface area (Å²) >= 11 is 0. The highest BCUT2D eigenvalue weighted by molar-refractivity contribution is 5.85. The summed E-state index contributed by atoms with van der Waals surface area (Å²) < 4.78 is 2.15. The molecule has 1 unspecified atom stereocenters. The minimum Gasteiger partial charge on any atom is -0.322 e. The van der Waals surface area contributed by atoms with Gasteiger partial charge in [0.05, 0.1) is 6.04 Å². The number of nitrogens with zero attached hydrogens (tertiary/aromatic N) is 3. The fraction of sp³-hybridized carbons (Fsp3) is 0.778. The van der Waals surface area contributed by atoms with Crippen LogP contribution in [0, 0.1) is 0 Å². The van der Waals surface area contributed by atoms with Crippen molar-refractivity contribution in [1.82, 2.24) is 14.8 Å². The number of halogens is 2. The van der Waals surface area contributed by atoms with E-state index in [1.807, 2.05) is 13.3 Å². The highest BCUT2D eigenvalue weighted by Gasteiger charge is 2.20. The van der Waals surface area contributed by atoms with E-state index in [1.165, 1.54) is 25.7 Å². The number of aromatic nitrogens is 3. The maximum atomic E-state index is 5.80. The molecule has 0 saturated heterocycles. The smallest absolute Gasteiger partial charge is 0.149 e. The Hall–Kier alpha value is -0.320. The Morgan fingerprint density at radius 3 is 2.53 bits per heavy atom. The Bertz CT molecular complexity index is 281. The van der Waals surface area contributed by atoms with Crippen LogP contribution in [0.1, 0.15) is 50.5 Å². The van der Waals surface area contributed by atoms with E-state index >= 15 is 0 Å². The van der Waals surface area contributed by atoms with Crippen LogP contribution >= 0.6 is 24.8 Å². The molecule has 0 aliphatic heterocycles. The number of rotatable bonds is 2. The van der Waals surface area contributed by atoms with Crippen LogP contribution in [0.15, 0.2) is 6.33 Å². The highest BCUT2D eigenvalue weighted by Crippen LogP contribution is 2.30. The van der Waals surface area contributed by atoms with Crippen molar-refractivity contribution < 1.29 is 0 Å². The summed E-state index contributed by atoms with van der Waals surface area (Å²) in [6, 6.07) is 0.582. The van der Waals surface area contributed by atoms with E-state index in [2.05, 4.69) is 14.8 Å². The second kappa shape index (κ2) is 6.30. The molecule has 1 heterocycles. The molecule has 1 fully saturated rings. The van der Waals surface area contributed by atoms with Crippen molar-refractivity contribution in [2.45, 2.75) is 44.7 Å². The number of hydrogen-bond donors (Lipinski definition) is 1. The predicted molar refractivity (Wildman–Crippen MR) is 64.6 cm³/mol. The van der Waals surface area contributed by atoms with Gasteiger partial charge >= 0.3 is 0 Å². The Kier molecular flexibility index (Phi) is 6.17. The van der Waals surface area contributed by atoms with Crippen LogP contribution < -0.4 is 5.73 Å². The third-order valence-electron chi connectivity index (χ3n) is 2.73. The summed E-state index contributed by atoms with van der Waals surface area (Å²) in [6.07, 6.45) is 6.95. The summed E-state index contributed by atoms with van der Waals surface area (Å²) in [5.74, 6) is 0.923. The minimum absolute atomic E-state index is 0. The van der Waals surface area contributed by atoms with Gasteiger partial charge in [-0.3, -0.25) is 0 Å². The molecule has 1 saturated carbocycles. The average molecular weight is 253 g/mol. The van der Waals surface area contributed by atoms with E-state index < -0.39 is 0 Å². The van der Waals surface area contributed by atoms with Gasteiger partial charge in [0.15, 0.2) is 0 Å². The van der Waals surface area contributed by atoms with Crippen molar-refractivity contribution in [1.29, 1.82) is 0 Å². The van der Waals surface area contributed by atoms with E-state index in [0.717, 1.165) is 5.82 Å². The zero-order chi connectivity index (χ0) is 9.26. The van der Waals surface area contributed by atoms with Crippen LogP contribution in [0.3, 0.4) is 0 Å². The fourth-order valence-electron chi connectivity index (χ4n) is 2.04. The quantitative estimate of drug-likeness (QED) is 0.879. The molecule has 2 rings (SSSR count). The maximum Gasteiger partial charge on any atom is 0.149 e. The molecule has 15 heavy (non-hydrogen) atoms. The molecular formula is C9H18Cl2N4. The Morgan fingerprint density at radius 1 is 1.40 bits per heavy atom. The summed E-state index contributed by atoms with van der Waals surface area (Å²) in [7, 11) is 0. The molecule has 2 N–H and O–H groups in total. The zero-order valence-electron chi connectivity index (χ0n) is 8.80. The van der Waals surface area contributed by atoms with Crippen molar-refractivity contribution in [2.75, 3.05) is 0 Å². The first-order valence-electron chi connectivity index (χ1n) is 4.94. The minimum atomic E-state index is -0.0110. The molecular weight excluding hydrogens is 235 g/mol. The van der Waals surface area contributed by atoms with Crippen LogP contribution in [0.5, 0.6) is 0 Å². The first-order chi connectivity index (χ1) is 6.29. The molecule has 1 aromatic rings. The summed E-state index contributed by atoms with van der Waals surface area (Å²) in [5.41, 5.74) is 5.80. The topological polar surface area (TPSA) is 56.7 Å². The van der Waals surface area contributed by atoms with Crippen molar-refractivity contribution >= 4 is 24.8 Å². The van der Waals surface area contributed by atoms with Gasteiger partial charge in [-0.05, 0) is 19.8 Å². The van der Waals surface area contributed by atoms with Crippen molar-refractivity contribution in [3.05, 3.63) is 12.2 Å². The first-order valence-corrected chi connectivity index (χ1v) is 4.94. The molecule has 4 nitrogen and oxygen atoms in total. The van der Waals surface area contributed by atoms with Gasteiger partial charge in [0.25, 0.3) is 0 Å². The first kappa shape index (κ1) is 14.7. The normalized spacial score (nSPS) is 18.0. The van der Waals surface area contributed by atoms with Gasteiger partial charge in [0, 0.05) is 6.04 Å². The number of hydrogen-bond acceptors (Lipinski definition) is 3. The molecule has 88 valence electrons. The summed E-state index contributed by atoms with van der Waals surface area (Å²) in [5, 5.41) is 7.97. The molecule has 6 heteroatoms. The zero-order valence-corrected chi connectivity index (χ0v) is 10.4. The average Bonchev–Trinajstić information content (AvgIpc) is 2.74. The second-order valence-electron chi connectivity index (χ2n) is 3.82. The van der Waals surface area contributed by atoms with Gasteiger partial charge in [-0.2, -0.15) is 0 Å². The van der Waals surface area contributed by atoms with E-state index in [1.54, 1.807) is 0 Å². The van der Waals surface area contributed by atoms with Crippen LogP contribution in [-0.2, 0) is 0 Å². The molecule has 0 aromatic carbocycles. The van der Waals surface area contributed by atoms with Crippen molar-refractivity contribution in [3.63, 3.8) is 0 Å². The highest BCUT2D eigenvalue weighted by atomic mass is 35.5. The molecule has 0 amide bonds.